The SMILES string of the molecule is C[C@H](NCC(=O)N(CC(=O)N(CC(=O)N(CC(=O)N(CC(=O)N(CC(=O)N(CC(=O)N(CC(=O)N(CC(N)=O)[C@@H](C)c1ccccc1)[C@@H](C)c1c(F)c(F)c(F)c(F)c1F)[C@@H](C)c1ccccc1)[C@@H](C)c1ccccc1)[C@@H](C)c1ccccc1)[C@@H](C)c1ccccc1)[C@@H](C)c1ccccc1)[C@@H](C)c1ccccc1)c1ccccc1. The monoisotopic (exact) mass is 1560 g/mol. The average Bonchev–Trinajstić information content (AvgIpc) is 0.823. The van der Waals surface area contributed by atoms with E-state index in [9.17, 15) is 18.8 Å². The van der Waals surface area contributed by atoms with Crippen LogP contribution in [0.2, 0.25) is 0 Å². The molecule has 0 aliphatic rings. The van der Waals surface area contributed by atoms with Gasteiger partial charge in [0.05, 0.1) is 67.0 Å². The van der Waals surface area contributed by atoms with Crippen LogP contribution in [0.3, 0.4) is 0 Å². The summed E-state index contributed by atoms with van der Waals surface area (Å²) in [6.45, 7) is 8.11. The Kier molecular flexibility index (Phi) is 30.4. The molecule has 0 saturated heterocycles. The molecule has 0 saturated carbocycles. The second-order valence-corrected chi connectivity index (χ2v) is 28.4. The summed E-state index contributed by atoms with van der Waals surface area (Å²) < 4.78 is 77.5. The minimum Gasteiger partial charge on any atom is -0.368 e. The number of rotatable bonds is 36. The number of nitrogens with one attached hydrogen (secondary N) is 1. The van der Waals surface area contributed by atoms with E-state index in [1.54, 1.807) is 198 Å². The zero-order valence-corrected chi connectivity index (χ0v) is 65.4. The summed E-state index contributed by atoms with van der Waals surface area (Å²) in [7, 11) is 0. The molecule has 0 heterocycles. The highest BCUT2D eigenvalue weighted by molar-refractivity contribution is 5.95. The normalized spacial score (nSPS) is 13.6. The fourth-order valence-corrected chi connectivity index (χ4v) is 14.1. The van der Waals surface area contributed by atoms with E-state index >= 15 is 46.3 Å². The maximum absolute atomic E-state index is 16.1. The van der Waals surface area contributed by atoms with Crippen molar-refractivity contribution in [2.24, 2.45) is 5.73 Å². The van der Waals surface area contributed by atoms with E-state index in [1.165, 1.54) is 31.4 Å². The zero-order chi connectivity index (χ0) is 82.4. The Bertz CT molecular complexity index is 4720. The molecule has 9 amide bonds. The minimum atomic E-state index is -2.49. The first kappa shape index (κ1) is 85.8. The molecule has 114 heavy (non-hydrogen) atoms. The van der Waals surface area contributed by atoms with Crippen LogP contribution in [0.25, 0.3) is 0 Å². The summed E-state index contributed by atoms with van der Waals surface area (Å²) in [5.41, 5.74) is 9.11. The summed E-state index contributed by atoms with van der Waals surface area (Å²) >= 11 is 0. The Labute approximate surface area is 662 Å². The van der Waals surface area contributed by atoms with Gasteiger partial charge in [-0.3, -0.25) is 43.2 Å². The first-order valence-electron chi connectivity index (χ1n) is 37.9. The largest absolute Gasteiger partial charge is 0.368 e. The smallest absolute Gasteiger partial charge is 0.243 e. The Morgan fingerprint density at radius 1 is 0.246 bits per heavy atom. The summed E-state index contributed by atoms with van der Waals surface area (Å²) in [6, 6.07) is 61.9. The number of carbonyl (C=O) groups excluding carboxylic acids is 9. The molecule has 9 atom stereocenters. The molecule has 0 fully saturated rings. The Morgan fingerprint density at radius 2 is 0.412 bits per heavy atom. The van der Waals surface area contributed by atoms with Crippen LogP contribution in [0.1, 0.15) is 167 Å². The third-order valence-electron chi connectivity index (χ3n) is 21.3. The van der Waals surface area contributed by atoms with Gasteiger partial charge in [0.15, 0.2) is 23.3 Å². The lowest BCUT2D eigenvalue weighted by atomic mass is 10.0. The van der Waals surface area contributed by atoms with Crippen LogP contribution in [0, 0.1) is 29.1 Å². The van der Waals surface area contributed by atoms with Crippen molar-refractivity contribution in [1.82, 2.24) is 44.5 Å². The van der Waals surface area contributed by atoms with E-state index in [-0.39, 0.29) is 18.5 Å². The van der Waals surface area contributed by atoms with Crippen LogP contribution < -0.4 is 11.1 Å². The summed E-state index contributed by atoms with van der Waals surface area (Å²) in [5, 5.41) is 3.32. The van der Waals surface area contributed by atoms with Gasteiger partial charge in [0, 0.05) is 6.04 Å². The molecule has 0 aromatic heterocycles. The van der Waals surface area contributed by atoms with Gasteiger partial charge >= 0.3 is 0 Å². The van der Waals surface area contributed by atoms with Crippen molar-refractivity contribution < 1.29 is 65.1 Å². The lowest BCUT2D eigenvalue weighted by Crippen LogP contribution is -2.53. The number of amides is 9. The second-order valence-electron chi connectivity index (χ2n) is 28.4. The van der Waals surface area contributed by atoms with Crippen molar-refractivity contribution in [2.45, 2.75) is 117 Å². The van der Waals surface area contributed by atoms with Gasteiger partial charge in [-0.15, -0.1) is 0 Å². The van der Waals surface area contributed by atoms with Crippen LogP contribution >= 0.6 is 0 Å². The Hall–Kier alpha value is -12.2. The van der Waals surface area contributed by atoms with Crippen molar-refractivity contribution in [1.29, 1.82) is 0 Å². The van der Waals surface area contributed by atoms with Crippen molar-refractivity contribution >= 4 is 53.2 Å². The quantitative estimate of drug-likeness (QED) is 0.0215. The molecule has 9 aromatic carbocycles. The van der Waals surface area contributed by atoms with Crippen molar-refractivity contribution in [3.05, 3.63) is 322 Å². The number of hydrogen-bond acceptors (Lipinski definition) is 10. The van der Waals surface area contributed by atoms with Crippen LogP contribution in [0.5, 0.6) is 0 Å². The number of halogens is 5. The number of carbonyl (C=O) groups is 9. The fourth-order valence-electron chi connectivity index (χ4n) is 14.1. The molecule has 596 valence electrons. The maximum atomic E-state index is 16.1. The maximum Gasteiger partial charge on any atom is 0.243 e. The van der Waals surface area contributed by atoms with Gasteiger partial charge < -0.3 is 50.2 Å². The van der Waals surface area contributed by atoms with E-state index in [1.807, 2.05) is 92.7 Å². The zero-order valence-electron chi connectivity index (χ0n) is 65.4. The lowest BCUT2D eigenvalue weighted by molar-refractivity contribution is -0.152. The number of nitrogens with zero attached hydrogens (tertiary/aromatic N) is 8. The molecule has 3 N–H and O–H groups in total. The number of benzene rings is 9. The van der Waals surface area contributed by atoms with E-state index < -0.39 is 183 Å². The third kappa shape index (κ3) is 21.5. The summed E-state index contributed by atoms with van der Waals surface area (Å²) in [5.74, 6) is -19.3. The molecule has 0 aliphatic carbocycles. The first-order valence-corrected chi connectivity index (χ1v) is 37.9. The predicted molar refractivity (Wildman–Crippen MR) is 424 cm³/mol. The Balaban J connectivity index is 1.08. The predicted octanol–water partition coefficient (Wildman–Crippen LogP) is 14.2. The molecule has 9 aromatic rings. The van der Waals surface area contributed by atoms with E-state index in [2.05, 4.69) is 5.32 Å². The average molecular weight is 1560 g/mol. The fraction of sp³-hybridized carbons (Fsp3) is 0.300. The van der Waals surface area contributed by atoms with Crippen LogP contribution in [-0.2, 0) is 43.2 Å². The van der Waals surface area contributed by atoms with Gasteiger partial charge in [0.2, 0.25) is 59.0 Å². The number of hydrogen-bond donors (Lipinski definition) is 2. The summed E-state index contributed by atoms with van der Waals surface area (Å²) in [4.78, 5) is 147. The summed E-state index contributed by atoms with van der Waals surface area (Å²) in [6.07, 6.45) is 0. The van der Waals surface area contributed by atoms with Gasteiger partial charge in [0.1, 0.15) is 45.8 Å². The van der Waals surface area contributed by atoms with Crippen LogP contribution in [0.4, 0.5) is 22.0 Å². The molecular formula is C90H97F5N10O9. The molecule has 9 rings (SSSR count). The molecule has 0 spiro atoms. The topological polar surface area (TPSA) is 218 Å². The van der Waals surface area contributed by atoms with Crippen molar-refractivity contribution in [3.63, 3.8) is 0 Å². The van der Waals surface area contributed by atoms with E-state index in [0.29, 0.717) is 38.3 Å². The molecule has 19 nitrogen and oxygen atoms in total. The molecule has 24 heteroatoms. The highest BCUT2D eigenvalue weighted by Gasteiger charge is 2.41. The highest BCUT2D eigenvalue weighted by atomic mass is 19.2. The second kappa shape index (κ2) is 40.3. The molecule has 0 radical (unpaired) electrons. The van der Waals surface area contributed by atoms with Crippen molar-refractivity contribution in [3.8, 4) is 0 Å². The molecule has 0 aliphatic heterocycles. The molecular weight excluding hydrogens is 1460 g/mol. The van der Waals surface area contributed by atoms with E-state index in [0.717, 1.165) is 27.9 Å². The van der Waals surface area contributed by atoms with Gasteiger partial charge in [-0.1, -0.05) is 243 Å². The minimum absolute atomic E-state index is 0.143. The highest BCUT2D eigenvalue weighted by Crippen LogP contribution is 2.35. The van der Waals surface area contributed by atoms with Gasteiger partial charge in [-0.05, 0) is 107 Å². The molecule has 0 bridgehead atoms. The lowest BCUT2D eigenvalue weighted by Gasteiger charge is -2.39. The van der Waals surface area contributed by atoms with Crippen LogP contribution in [-0.4, -0.2) is 151 Å². The van der Waals surface area contributed by atoms with Gasteiger partial charge in [-0.25, -0.2) is 22.0 Å². The Morgan fingerprint density at radius 3 is 0.614 bits per heavy atom. The van der Waals surface area contributed by atoms with Gasteiger partial charge in [0.25, 0.3) is 0 Å². The van der Waals surface area contributed by atoms with Crippen molar-refractivity contribution in [2.75, 3.05) is 58.9 Å². The van der Waals surface area contributed by atoms with Gasteiger partial charge in [-0.2, -0.15) is 0 Å². The third-order valence-corrected chi connectivity index (χ3v) is 21.3. The number of primary amides is 1. The molecule has 0 unspecified atom stereocenters. The number of nitrogens with two attached hydrogens (primary N) is 1. The van der Waals surface area contributed by atoms with E-state index in [4.69, 9.17) is 5.73 Å². The first-order chi connectivity index (χ1) is 54.6. The van der Waals surface area contributed by atoms with Crippen LogP contribution in [0.15, 0.2) is 243 Å². The standard InChI is InChI=1S/C90H97F5N10O9/c1-59(68-34-18-10-19-35-68)97-50-77(107)99(61(3)70-38-22-12-23-39-70)52-79(109)100(62(4)71-40-24-13-25-41-71)53-80(110)101(63(5)72-42-26-14-27-43-72)54-81(111)102(64(6)73-44-28-15-29-45-73)55-82(112)103(65(7)74-46-30-16-31-47-74)56-83(113)104(66(8)75-48-32-17-33-49-75)57-84(114)105(67(9)85-86(91)88(93)90(95)89(94)87(85)92)58-78(108)98(51-76(96)106)60(2)69-36-20-11-21-37-69/h10-49,59-67,97H,50-58H2,1-9H3,(H2,96,106)/t59-,60-,61-,62-,63-,64-,65-,66-,67-/m0/s1.